The third kappa shape index (κ3) is 6.35. The Hall–Kier alpha value is -0.730. The first-order valence-electron chi connectivity index (χ1n) is 6.70. The van der Waals surface area contributed by atoms with Crippen molar-refractivity contribution in [2.75, 3.05) is 56.4 Å². The van der Waals surface area contributed by atoms with E-state index < -0.39 is 15.3 Å². The first kappa shape index (κ1) is 22.3. The van der Waals surface area contributed by atoms with Gasteiger partial charge in [-0.15, -0.1) is 5.59 Å². The first-order valence-corrected chi connectivity index (χ1v) is 9.76. The van der Waals surface area contributed by atoms with Crippen molar-refractivity contribution in [1.82, 2.24) is 24.3 Å². The van der Waals surface area contributed by atoms with Crippen molar-refractivity contribution in [2.24, 2.45) is 5.10 Å². The maximum Gasteiger partial charge on any atom is 0.352 e. The van der Waals surface area contributed by atoms with Crippen molar-refractivity contribution in [3.05, 3.63) is 12.3 Å². The minimum Gasteiger partial charge on any atom is -0.373 e. The summed E-state index contributed by atoms with van der Waals surface area (Å²) in [5.74, 6) is 0. The highest BCUT2D eigenvalue weighted by Gasteiger charge is 2.42. The van der Waals surface area contributed by atoms with Crippen LogP contribution in [-0.4, -0.2) is 81.3 Å². The van der Waals surface area contributed by atoms with Crippen LogP contribution in [0.1, 0.15) is 0 Å². The van der Waals surface area contributed by atoms with Gasteiger partial charge in [-0.1, -0.05) is 0 Å². The number of hydrogen-bond donors (Lipinski definition) is 1. The van der Waals surface area contributed by atoms with Gasteiger partial charge in [0.25, 0.3) is 0 Å². The van der Waals surface area contributed by atoms with Crippen molar-refractivity contribution in [3.63, 3.8) is 0 Å². The molecule has 0 aromatic heterocycles. The van der Waals surface area contributed by atoms with Gasteiger partial charge in [-0.2, -0.15) is 5.10 Å². The van der Waals surface area contributed by atoms with E-state index in [4.69, 9.17) is 4.31 Å². The Bertz CT molecular complexity index is 439. The summed E-state index contributed by atoms with van der Waals surface area (Å²) in [6.07, 6.45) is 4.80. The highest BCUT2D eigenvalue weighted by Crippen LogP contribution is 2.66. The van der Waals surface area contributed by atoms with Crippen molar-refractivity contribution in [1.29, 1.82) is 0 Å². The van der Waals surface area contributed by atoms with E-state index in [-0.39, 0.29) is 0 Å². The molecular formula is C11H28N6O4P2. The molecule has 0 spiro atoms. The number of hydrazone groups is 1. The molecule has 10 nitrogen and oxygen atoms in total. The van der Waals surface area contributed by atoms with Crippen LogP contribution < -0.4 is 5.59 Å². The monoisotopic (exact) mass is 370 g/mol. The molecule has 0 saturated heterocycles. The van der Waals surface area contributed by atoms with Gasteiger partial charge in [-0.05, 0) is 62.5 Å². The van der Waals surface area contributed by atoms with E-state index in [1.165, 1.54) is 24.9 Å². The fourth-order valence-corrected chi connectivity index (χ4v) is 6.23. The molecule has 1 aliphatic heterocycles. The average Bonchev–Trinajstić information content (AvgIpc) is 2.48. The maximum atomic E-state index is 12.6. The largest absolute Gasteiger partial charge is 0.373 e. The summed E-state index contributed by atoms with van der Waals surface area (Å²) < 4.78 is 36.6. The molecule has 0 amide bonds. The second kappa shape index (κ2) is 9.54. The van der Waals surface area contributed by atoms with Crippen molar-refractivity contribution in [3.8, 4) is 0 Å². The number of nitrogens with zero attached hydrogens (tertiary/aromatic N) is 5. The van der Waals surface area contributed by atoms with Crippen LogP contribution in [0.4, 0.5) is 0 Å². The van der Waals surface area contributed by atoms with E-state index in [9.17, 15) is 9.13 Å². The topological polar surface area (TPSA) is 89.9 Å². The number of allylic oxidation sites excluding steroid dienone is 1. The molecule has 23 heavy (non-hydrogen) atoms. The molecule has 1 rings (SSSR count). The van der Waals surface area contributed by atoms with E-state index in [0.717, 1.165) is 0 Å². The lowest BCUT2D eigenvalue weighted by atomic mass is 10.7. The quantitative estimate of drug-likeness (QED) is 0.698. The summed E-state index contributed by atoms with van der Waals surface area (Å²) in [6, 6.07) is 0. The van der Waals surface area contributed by atoms with Gasteiger partial charge < -0.3 is 4.84 Å². The molecule has 0 radical (unpaired) electrons. The Morgan fingerprint density at radius 3 is 1.39 bits per heavy atom. The van der Waals surface area contributed by atoms with E-state index >= 15 is 0 Å². The molecule has 1 N–H and O–H groups in total. The van der Waals surface area contributed by atoms with Gasteiger partial charge in [0.15, 0.2) is 0 Å². The van der Waals surface area contributed by atoms with Gasteiger partial charge in [0.05, 0.1) is 6.21 Å². The van der Waals surface area contributed by atoms with Gasteiger partial charge in [0.1, 0.15) is 6.26 Å². The molecule has 1 aliphatic rings. The molecule has 0 bridgehead atoms. The molecule has 1 heterocycles. The lowest BCUT2D eigenvalue weighted by Crippen LogP contribution is -2.28. The molecule has 0 fully saturated rings. The second-order valence-electron chi connectivity index (χ2n) is 5.27. The van der Waals surface area contributed by atoms with Crippen LogP contribution in [0.15, 0.2) is 17.4 Å². The summed E-state index contributed by atoms with van der Waals surface area (Å²) in [4.78, 5) is 4.44. The smallest absolute Gasteiger partial charge is 0.352 e. The second-order valence-corrected chi connectivity index (χ2v) is 11.1. The normalized spacial score (nSPS) is 14.8. The molecule has 0 aliphatic carbocycles. The molecule has 0 saturated carbocycles. The predicted octanol–water partition coefficient (Wildman–Crippen LogP) is 1.49. The van der Waals surface area contributed by atoms with E-state index in [2.05, 4.69) is 15.5 Å². The van der Waals surface area contributed by atoms with Gasteiger partial charge >= 0.3 is 15.3 Å². The van der Waals surface area contributed by atoms with Crippen molar-refractivity contribution < 1.29 is 18.3 Å². The SMILES string of the molecule is C1=CONN=C1.CN(C)P(=O)(OP(=O)(N(C)C)N(C)C)N(C)C. The van der Waals surface area contributed by atoms with Crippen LogP contribution >= 0.6 is 15.3 Å². The van der Waals surface area contributed by atoms with Gasteiger partial charge in [-0.3, -0.25) is 9.13 Å². The Balaban J connectivity index is 0.000000664. The van der Waals surface area contributed by atoms with Crippen LogP contribution in [0.3, 0.4) is 0 Å². The summed E-state index contributed by atoms with van der Waals surface area (Å²) in [6.45, 7) is 0. The Labute approximate surface area is 138 Å². The fraction of sp³-hybridized carbons (Fsp3) is 0.727. The summed E-state index contributed by atoms with van der Waals surface area (Å²) in [7, 11) is 6.54. The van der Waals surface area contributed by atoms with Crippen LogP contribution in [0.2, 0.25) is 0 Å². The molecule has 136 valence electrons. The third-order valence-electron chi connectivity index (χ3n) is 2.65. The molecule has 0 unspecified atom stereocenters. The summed E-state index contributed by atoms with van der Waals surface area (Å²) in [5.41, 5.74) is 2.27. The zero-order valence-electron chi connectivity index (χ0n) is 15.0. The van der Waals surface area contributed by atoms with Gasteiger partial charge in [-0.25, -0.2) is 23.0 Å². The van der Waals surface area contributed by atoms with E-state index in [0.29, 0.717) is 0 Å². The highest BCUT2D eigenvalue weighted by molar-refractivity contribution is 7.67. The van der Waals surface area contributed by atoms with Crippen LogP contribution in [0, 0.1) is 0 Å². The minimum absolute atomic E-state index is 1.45. The molecule has 12 heteroatoms. The highest BCUT2D eigenvalue weighted by atomic mass is 31.3. The Morgan fingerprint density at radius 1 is 0.870 bits per heavy atom. The first-order chi connectivity index (χ1) is 10.5. The number of rotatable bonds is 6. The van der Waals surface area contributed by atoms with Crippen molar-refractivity contribution >= 4 is 21.6 Å². The predicted molar refractivity (Wildman–Crippen MR) is 92.9 cm³/mol. The maximum absolute atomic E-state index is 12.6. The summed E-state index contributed by atoms with van der Waals surface area (Å²) >= 11 is 0. The standard InChI is InChI=1S/C8H24N4O3P2.C3H4N2O/c1-9(2)16(13,10(3)4)15-17(14,11(5)6)12(7)8;1-2-4-5-6-3-1/h1-8H3;1-3,5H. The number of nitrogens with one attached hydrogen (secondary N) is 1. The van der Waals surface area contributed by atoms with E-state index in [1.807, 2.05) is 0 Å². The zero-order valence-corrected chi connectivity index (χ0v) is 16.8. The van der Waals surface area contributed by atoms with Gasteiger partial charge in [0, 0.05) is 0 Å². The summed E-state index contributed by atoms with van der Waals surface area (Å²) in [5, 5.41) is 3.49. The lowest BCUT2D eigenvalue weighted by molar-refractivity contribution is 0.136. The van der Waals surface area contributed by atoms with Crippen LogP contribution in [-0.2, 0) is 18.3 Å². The molecular weight excluding hydrogens is 342 g/mol. The van der Waals surface area contributed by atoms with Gasteiger partial charge in [0.2, 0.25) is 0 Å². The molecule has 0 aromatic rings. The Kier molecular flexibility index (Phi) is 9.24. The van der Waals surface area contributed by atoms with Crippen LogP contribution in [0.25, 0.3) is 0 Å². The number of hydrogen-bond acceptors (Lipinski definition) is 6. The van der Waals surface area contributed by atoms with Crippen LogP contribution in [0.5, 0.6) is 0 Å². The lowest BCUT2D eigenvalue weighted by Gasteiger charge is -2.36. The van der Waals surface area contributed by atoms with E-state index in [1.54, 1.807) is 68.7 Å². The molecule has 0 atom stereocenters. The minimum atomic E-state index is -3.27. The fourth-order valence-electron chi connectivity index (χ4n) is 1.35. The Morgan fingerprint density at radius 2 is 1.26 bits per heavy atom. The third-order valence-corrected chi connectivity index (χ3v) is 8.39. The zero-order chi connectivity index (χ0) is 18.3. The van der Waals surface area contributed by atoms with Crippen molar-refractivity contribution in [2.45, 2.75) is 0 Å². The molecule has 0 aromatic carbocycles. The average molecular weight is 370 g/mol.